The molecule has 3 aromatic rings. The third-order valence-corrected chi connectivity index (χ3v) is 2.68. The van der Waals surface area contributed by atoms with Gasteiger partial charge in [0.15, 0.2) is 0 Å². The molecule has 0 radical (unpaired) electrons. The van der Waals surface area contributed by atoms with Gasteiger partial charge < -0.3 is 10.5 Å². The number of para-hydroxylation sites is 1. The molecule has 0 saturated carbocycles. The molecule has 5 heteroatoms. The van der Waals surface area contributed by atoms with Crippen molar-refractivity contribution < 1.29 is 4.74 Å². The molecular weight excluding hydrogens is 240 g/mol. The van der Waals surface area contributed by atoms with Gasteiger partial charge in [-0.15, -0.1) is 0 Å². The van der Waals surface area contributed by atoms with Crippen LogP contribution in [-0.4, -0.2) is 15.0 Å². The van der Waals surface area contributed by atoms with Gasteiger partial charge in [-0.25, -0.2) is 4.98 Å². The lowest BCUT2D eigenvalue weighted by atomic mass is 10.2. The monoisotopic (exact) mass is 252 g/mol. The summed E-state index contributed by atoms with van der Waals surface area (Å²) in [6, 6.07) is 9.77. The third kappa shape index (κ3) is 2.51. The minimum absolute atomic E-state index is 0.366. The minimum Gasteiger partial charge on any atom is -0.436 e. The number of pyridine rings is 1. The molecule has 0 unspecified atom stereocenters. The number of benzene rings is 1. The minimum atomic E-state index is 0.366. The first kappa shape index (κ1) is 11.6. The van der Waals surface area contributed by atoms with Crippen molar-refractivity contribution >= 4 is 10.9 Å². The second-order valence-electron chi connectivity index (χ2n) is 4.02. The van der Waals surface area contributed by atoms with Crippen LogP contribution in [0.3, 0.4) is 0 Å². The van der Waals surface area contributed by atoms with Gasteiger partial charge in [0.25, 0.3) is 0 Å². The average molecular weight is 252 g/mol. The molecule has 94 valence electrons. The normalized spacial score (nSPS) is 10.6. The molecule has 3 rings (SSSR count). The maximum absolute atomic E-state index is 5.61. The molecule has 0 aliphatic rings. The van der Waals surface area contributed by atoms with E-state index in [0.29, 0.717) is 18.2 Å². The van der Waals surface area contributed by atoms with E-state index in [1.54, 1.807) is 18.6 Å². The summed E-state index contributed by atoms with van der Waals surface area (Å²) >= 11 is 0. The van der Waals surface area contributed by atoms with E-state index in [1.807, 2.05) is 30.3 Å². The number of nitrogens with zero attached hydrogens (tertiary/aromatic N) is 3. The molecule has 0 saturated heterocycles. The number of rotatable bonds is 3. The van der Waals surface area contributed by atoms with Crippen molar-refractivity contribution in [1.82, 2.24) is 15.0 Å². The second kappa shape index (κ2) is 4.99. The van der Waals surface area contributed by atoms with E-state index < -0.39 is 0 Å². The summed E-state index contributed by atoms with van der Waals surface area (Å²) in [7, 11) is 0. The molecule has 0 atom stereocenters. The van der Waals surface area contributed by atoms with Gasteiger partial charge in [0.2, 0.25) is 5.88 Å². The van der Waals surface area contributed by atoms with Crippen LogP contribution in [0.4, 0.5) is 0 Å². The largest absolute Gasteiger partial charge is 0.436 e. The summed E-state index contributed by atoms with van der Waals surface area (Å²) in [4.78, 5) is 12.6. The van der Waals surface area contributed by atoms with E-state index in [4.69, 9.17) is 10.5 Å². The molecule has 0 bridgehead atoms. The van der Waals surface area contributed by atoms with Gasteiger partial charge in [-0.1, -0.05) is 18.2 Å². The highest BCUT2D eigenvalue weighted by Gasteiger charge is 2.02. The third-order valence-electron chi connectivity index (χ3n) is 2.68. The maximum Gasteiger partial charge on any atom is 0.237 e. The Morgan fingerprint density at radius 1 is 1.00 bits per heavy atom. The lowest BCUT2D eigenvalue weighted by molar-refractivity contribution is 0.458. The highest BCUT2D eigenvalue weighted by Crippen LogP contribution is 2.22. The first-order valence-corrected chi connectivity index (χ1v) is 5.89. The standard InChI is InChI=1S/C14H12N4O/c15-6-11-7-18-14(9-16-11)19-12-5-10-3-1-2-4-13(10)17-8-12/h1-5,7-9H,6,15H2. The van der Waals surface area contributed by atoms with Crippen molar-refractivity contribution in [3.8, 4) is 11.6 Å². The molecule has 2 N–H and O–H groups in total. The zero-order valence-corrected chi connectivity index (χ0v) is 10.2. The molecule has 2 heterocycles. The summed E-state index contributed by atoms with van der Waals surface area (Å²) in [5.74, 6) is 1.06. The van der Waals surface area contributed by atoms with Gasteiger partial charge >= 0.3 is 0 Å². The topological polar surface area (TPSA) is 73.9 Å². The SMILES string of the molecule is NCc1cnc(Oc2cnc3ccccc3c2)cn1. The van der Waals surface area contributed by atoms with Gasteiger partial charge in [-0.2, -0.15) is 0 Å². The van der Waals surface area contributed by atoms with Crippen LogP contribution in [0.2, 0.25) is 0 Å². The predicted octanol–water partition coefficient (Wildman–Crippen LogP) is 2.28. The average Bonchev–Trinajstić information content (AvgIpc) is 2.48. The number of hydrogen-bond donors (Lipinski definition) is 1. The second-order valence-corrected chi connectivity index (χ2v) is 4.02. The van der Waals surface area contributed by atoms with Crippen molar-refractivity contribution in [3.05, 3.63) is 54.6 Å². The van der Waals surface area contributed by atoms with Crippen molar-refractivity contribution in [1.29, 1.82) is 0 Å². The highest BCUT2D eigenvalue weighted by molar-refractivity contribution is 5.79. The lowest BCUT2D eigenvalue weighted by Gasteiger charge is -2.05. The molecule has 0 amide bonds. The molecule has 2 aromatic heterocycles. The molecule has 5 nitrogen and oxygen atoms in total. The number of ether oxygens (including phenoxy) is 1. The molecular formula is C14H12N4O. The Morgan fingerprint density at radius 3 is 2.68 bits per heavy atom. The van der Waals surface area contributed by atoms with E-state index in [0.717, 1.165) is 16.6 Å². The van der Waals surface area contributed by atoms with Gasteiger partial charge in [0.05, 0.1) is 29.8 Å². The fraction of sp³-hybridized carbons (Fsp3) is 0.0714. The van der Waals surface area contributed by atoms with Gasteiger partial charge in [-0.05, 0) is 12.1 Å². The fourth-order valence-corrected chi connectivity index (χ4v) is 1.73. The van der Waals surface area contributed by atoms with E-state index in [-0.39, 0.29) is 0 Å². The first-order chi connectivity index (χ1) is 9.35. The first-order valence-electron chi connectivity index (χ1n) is 5.89. The summed E-state index contributed by atoms with van der Waals surface area (Å²) in [6.45, 7) is 0.366. The summed E-state index contributed by atoms with van der Waals surface area (Å²) in [5, 5.41) is 1.02. The van der Waals surface area contributed by atoms with E-state index >= 15 is 0 Å². The van der Waals surface area contributed by atoms with Crippen LogP contribution in [0.25, 0.3) is 10.9 Å². The van der Waals surface area contributed by atoms with Crippen LogP contribution in [-0.2, 0) is 6.54 Å². The Kier molecular flexibility index (Phi) is 3.04. The van der Waals surface area contributed by atoms with E-state index in [2.05, 4.69) is 15.0 Å². The van der Waals surface area contributed by atoms with Crippen molar-refractivity contribution in [2.75, 3.05) is 0 Å². The quantitative estimate of drug-likeness (QED) is 0.774. The van der Waals surface area contributed by atoms with Crippen molar-refractivity contribution in [2.45, 2.75) is 6.54 Å². The zero-order chi connectivity index (χ0) is 13.1. The summed E-state index contributed by atoms with van der Waals surface area (Å²) in [5.41, 5.74) is 7.12. The van der Waals surface area contributed by atoms with Crippen LogP contribution in [0.15, 0.2) is 48.9 Å². The number of fused-ring (bicyclic) bond motifs is 1. The molecule has 1 aromatic carbocycles. The number of nitrogens with two attached hydrogens (primary N) is 1. The van der Waals surface area contributed by atoms with Crippen molar-refractivity contribution in [3.63, 3.8) is 0 Å². The molecule has 0 aliphatic heterocycles. The van der Waals surface area contributed by atoms with Crippen LogP contribution in [0, 0.1) is 0 Å². The zero-order valence-electron chi connectivity index (χ0n) is 10.2. The molecule has 0 fully saturated rings. The van der Waals surface area contributed by atoms with Gasteiger partial charge in [0.1, 0.15) is 5.75 Å². The van der Waals surface area contributed by atoms with Crippen LogP contribution >= 0.6 is 0 Å². The Balaban J connectivity index is 1.87. The van der Waals surface area contributed by atoms with Gasteiger partial charge in [-0.3, -0.25) is 9.97 Å². The Morgan fingerprint density at radius 2 is 1.89 bits per heavy atom. The predicted molar refractivity (Wildman–Crippen MR) is 71.7 cm³/mol. The van der Waals surface area contributed by atoms with Gasteiger partial charge in [0, 0.05) is 11.9 Å². The molecule has 0 spiro atoms. The Hall–Kier alpha value is -2.53. The molecule has 0 aliphatic carbocycles. The van der Waals surface area contributed by atoms with Crippen molar-refractivity contribution in [2.24, 2.45) is 5.73 Å². The summed E-state index contributed by atoms with van der Waals surface area (Å²) in [6.07, 6.45) is 4.82. The van der Waals surface area contributed by atoms with Crippen LogP contribution < -0.4 is 10.5 Å². The maximum atomic E-state index is 5.61. The van der Waals surface area contributed by atoms with Crippen LogP contribution in [0.5, 0.6) is 11.6 Å². The van der Waals surface area contributed by atoms with E-state index in [9.17, 15) is 0 Å². The Bertz CT molecular complexity index is 697. The highest BCUT2D eigenvalue weighted by atomic mass is 16.5. The lowest BCUT2D eigenvalue weighted by Crippen LogP contribution is -2.00. The summed E-state index contributed by atoms with van der Waals surface area (Å²) < 4.78 is 5.61. The van der Waals surface area contributed by atoms with Crippen LogP contribution in [0.1, 0.15) is 5.69 Å². The number of hydrogen-bond acceptors (Lipinski definition) is 5. The fourth-order valence-electron chi connectivity index (χ4n) is 1.73. The van der Waals surface area contributed by atoms with E-state index in [1.165, 1.54) is 0 Å². The Labute approximate surface area is 110 Å². The smallest absolute Gasteiger partial charge is 0.237 e. The molecule has 19 heavy (non-hydrogen) atoms. The number of aromatic nitrogens is 3.